The first kappa shape index (κ1) is 13.2. The smallest absolute Gasteiger partial charge is 0.0233 e. The molecule has 0 aliphatic rings. The van der Waals surface area contributed by atoms with Gasteiger partial charge in [0.15, 0.2) is 0 Å². The predicted octanol–water partition coefficient (Wildman–Crippen LogP) is 2.64. The molecular formula is C14H24N2. The highest BCUT2D eigenvalue weighted by molar-refractivity contribution is 5.22. The Labute approximate surface area is 99.7 Å². The summed E-state index contributed by atoms with van der Waals surface area (Å²) in [5.74, 6) is 0. The molecule has 0 radical (unpaired) electrons. The van der Waals surface area contributed by atoms with Crippen molar-refractivity contribution in [2.24, 2.45) is 0 Å². The van der Waals surface area contributed by atoms with Gasteiger partial charge in [0.1, 0.15) is 0 Å². The third-order valence-electron chi connectivity index (χ3n) is 2.80. The van der Waals surface area contributed by atoms with Crippen LogP contribution in [0, 0.1) is 0 Å². The maximum atomic E-state index is 3.17. The first-order valence-electron chi connectivity index (χ1n) is 6.24. The molecule has 0 heterocycles. The summed E-state index contributed by atoms with van der Waals surface area (Å²) < 4.78 is 0. The van der Waals surface area contributed by atoms with Crippen LogP contribution in [-0.2, 0) is 13.1 Å². The number of nitrogens with one attached hydrogen (secondary N) is 1. The summed E-state index contributed by atoms with van der Waals surface area (Å²) in [4.78, 5) is 2.48. The predicted molar refractivity (Wildman–Crippen MR) is 70.4 cm³/mol. The normalized spacial score (nSPS) is 11.0. The van der Waals surface area contributed by atoms with E-state index in [9.17, 15) is 0 Å². The molecule has 1 rings (SSSR count). The Morgan fingerprint density at radius 3 is 2.19 bits per heavy atom. The Hall–Kier alpha value is -0.860. The minimum absolute atomic E-state index is 0.951. The van der Waals surface area contributed by atoms with Crippen molar-refractivity contribution in [3.05, 3.63) is 35.4 Å². The fourth-order valence-electron chi connectivity index (χ4n) is 1.89. The van der Waals surface area contributed by atoms with E-state index in [1.54, 1.807) is 0 Å². The first-order valence-corrected chi connectivity index (χ1v) is 6.24. The number of nitrogens with zero attached hydrogens (tertiary/aromatic N) is 1. The van der Waals surface area contributed by atoms with Gasteiger partial charge < -0.3 is 5.32 Å². The molecule has 0 fully saturated rings. The van der Waals surface area contributed by atoms with Crippen LogP contribution < -0.4 is 5.32 Å². The van der Waals surface area contributed by atoms with Gasteiger partial charge in [0.05, 0.1) is 0 Å². The molecule has 0 saturated carbocycles. The number of benzene rings is 1. The zero-order chi connectivity index (χ0) is 11.8. The first-order chi connectivity index (χ1) is 7.80. The molecule has 16 heavy (non-hydrogen) atoms. The number of rotatable bonds is 7. The summed E-state index contributed by atoms with van der Waals surface area (Å²) in [6.45, 7) is 8.81. The molecule has 2 nitrogen and oxygen atoms in total. The van der Waals surface area contributed by atoms with E-state index < -0.39 is 0 Å². The fraction of sp³-hybridized carbons (Fsp3) is 0.571. The van der Waals surface area contributed by atoms with Gasteiger partial charge in [-0.1, -0.05) is 38.1 Å². The van der Waals surface area contributed by atoms with E-state index >= 15 is 0 Å². The molecule has 0 unspecified atom stereocenters. The SMILES string of the molecule is CCCN(CC)Cc1ccc(CNC)cc1. The molecule has 1 N–H and O–H groups in total. The molecule has 2 heteroatoms. The van der Waals surface area contributed by atoms with Crippen LogP contribution in [-0.4, -0.2) is 25.0 Å². The lowest BCUT2D eigenvalue weighted by atomic mass is 10.1. The van der Waals surface area contributed by atoms with E-state index in [0.29, 0.717) is 0 Å². The standard InChI is InChI=1S/C14H24N2/c1-4-10-16(5-2)12-14-8-6-13(7-9-14)11-15-3/h6-9,15H,4-5,10-12H2,1-3H3. The minimum atomic E-state index is 0.951. The molecule has 0 atom stereocenters. The topological polar surface area (TPSA) is 15.3 Å². The summed E-state index contributed by atoms with van der Waals surface area (Å²) in [5, 5.41) is 3.17. The van der Waals surface area contributed by atoms with Crippen LogP contribution in [0.3, 0.4) is 0 Å². The van der Waals surface area contributed by atoms with E-state index in [-0.39, 0.29) is 0 Å². The van der Waals surface area contributed by atoms with Crippen LogP contribution in [0.2, 0.25) is 0 Å². The van der Waals surface area contributed by atoms with Gasteiger partial charge in [-0.15, -0.1) is 0 Å². The summed E-state index contributed by atoms with van der Waals surface area (Å²) in [7, 11) is 1.98. The highest BCUT2D eigenvalue weighted by Crippen LogP contribution is 2.07. The van der Waals surface area contributed by atoms with Crippen LogP contribution in [0.5, 0.6) is 0 Å². The molecule has 0 bridgehead atoms. The third kappa shape index (κ3) is 4.33. The van der Waals surface area contributed by atoms with Crippen LogP contribution in [0.4, 0.5) is 0 Å². The van der Waals surface area contributed by atoms with Crippen LogP contribution in [0.25, 0.3) is 0 Å². The lowest BCUT2D eigenvalue weighted by Gasteiger charge is -2.19. The van der Waals surface area contributed by atoms with E-state index in [1.807, 2.05) is 7.05 Å². The summed E-state index contributed by atoms with van der Waals surface area (Å²) in [6.07, 6.45) is 1.23. The Morgan fingerprint density at radius 1 is 1.06 bits per heavy atom. The second kappa shape index (κ2) is 7.42. The molecule has 0 aromatic heterocycles. The van der Waals surface area contributed by atoms with Crippen molar-refractivity contribution < 1.29 is 0 Å². The molecule has 0 aliphatic heterocycles. The van der Waals surface area contributed by atoms with Crippen LogP contribution >= 0.6 is 0 Å². The molecule has 0 amide bonds. The maximum Gasteiger partial charge on any atom is 0.0233 e. The van der Waals surface area contributed by atoms with Gasteiger partial charge in [0, 0.05) is 13.1 Å². The minimum Gasteiger partial charge on any atom is -0.316 e. The average Bonchev–Trinajstić information content (AvgIpc) is 2.31. The van der Waals surface area contributed by atoms with Gasteiger partial charge >= 0.3 is 0 Å². The van der Waals surface area contributed by atoms with Crippen molar-refractivity contribution in [3.8, 4) is 0 Å². The van der Waals surface area contributed by atoms with Crippen molar-refractivity contribution in [1.29, 1.82) is 0 Å². The van der Waals surface area contributed by atoms with Crippen molar-refractivity contribution in [3.63, 3.8) is 0 Å². The molecule has 0 aliphatic carbocycles. The van der Waals surface area contributed by atoms with Crippen molar-refractivity contribution >= 4 is 0 Å². The molecular weight excluding hydrogens is 196 g/mol. The van der Waals surface area contributed by atoms with Gasteiger partial charge in [-0.05, 0) is 37.7 Å². The van der Waals surface area contributed by atoms with Crippen molar-refractivity contribution in [2.45, 2.75) is 33.4 Å². The zero-order valence-electron chi connectivity index (χ0n) is 10.8. The van der Waals surface area contributed by atoms with Gasteiger partial charge in [0.25, 0.3) is 0 Å². The molecule has 1 aromatic rings. The quantitative estimate of drug-likeness (QED) is 0.760. The largest absolute Gasteiger partial charge is 0.316 e. The zero-order valence-corrected chi connectivity index (χ0v) is 10.8. The van der Waals surface area contributed by atoms with E-state index in [0.717, 1.165) is 19.6 Å². The molecule has 0 saturated heterocycles. The van der Waals surface area contributed by atoms with E-state index in [1.165, 1.54) is 24.1 Å². The van der Waals surface area contributed by atoms with Gasteiger partial charge in [-0.25, -0.2) is 0 Å². The highest BCUT2D eigenvalue weighted by Gasteiger charge is 2.02. The molecule has 0 spiro atoms. The molecule has 1 aromatic carbocycles. The van der Waals surface area contributed by atoms with Crippen molar-refractivity contribution in [1.82, 2.24) is 10.2 Å². The summed E-state index contributed by atoms with van der Waals surface area (Å²) in [6, 6.07) is 8.91. The lowest BCUT2D eigenvalue weighted by molar-refractivity contribution is 0.280. The van der Waals surface area contributed by atoms with Crippen molar-refractivity contribution in [2.75, 3.05) is 20.1 Å². The number of hydrogen-bond donors (Lipinski definition) is 1. The van der Waals surface area contributed by atoms with Gasteiger partial charge in [-0.3, -0.25) is 4.90 Å². The van der Waals surface area contributed by atoms with E-state index in [4.69, 9.17) is 0 Å². The second-order valence-corrected chi connectivity index (χ2v) is 4.22. The Kier molecular flexibility index (Phi) is 6.12. The van der Waals surface area contributed by atoms with Gasteiger partial charge in [-0.2, -0.15) is 0 Å². The Bertz CT molecular complexity index is 279. The fourth-order valence-corrected chi connectivity index (χ4v) is 1.89. The second-order valence-electron chi connectivity index (χ2n) is 4.22. The Balaban J connectivity index is 2.53. The summed E-state index contributed by atoms with van der Waals surface area (Å²) >= 11 is 0. The van der Waals surface area contributed by atoms with Crippen LogP contribution in [0.1, 0.15) is 31.4 Å². The summed E-state index contributed by atoms with van der Waals surface area (Å²) in [5.41, 5.74) is 2.76. The molecule has 90 valence electrons. The maximum absolute atomic E-state index is 3.17. The third-order valence-corrected chi connectivity index (χ3v) is 2.80. The van der Waals surface area contributed by atoms with E-state index in [2.05, 4.69) is 48.3 Å². The Morgan fingerprint density at radius 2 is 1.69 bits per heavy atom. The average molecular weight is 220 g/mol. The number of hydrogen-bond acceptors (Lipinski definition) is 2. The van der Waals surface area contributed by atoms with Crippen LogP contribution in [0.15, 0.2) is 24.3 Å². The lowest BCUT2D eigenvalue weighted by Crippen LogP contribution is -2.23. The van der Waals surface area contributed by atoms with Gasteiger partial charge in [0.2, 0.25) is 0 Å². The highest BCUT2D eigenvalue weighted by atomic mass is 15.1. The monoisotopic (exact) mass is 220 g/mol.